The molecule has 1 fully saturated rings. The van der Waals surface area contributed by atoms with Gasteiger partial charge < -0.3 is 15.2 Å². The van der Waals surface area contributed by atoms with Crippen molar-refractivity contribution in [3.05, 3.63) is 36.0 Å². The van der Waals surface area contributed by atoms with E-state index in [2.05, 4.69) is 24.1 Å². The van der Waals surface area contributed by atoms with E-state index in [9.17, 15) is 9.59 Å². The van der Waals surface area contributed by atoms with Gasteiger partial charge in [-0.1, -0.05) is 32.0 Å². The summed E-state index contributed by atoms with van der Waals surface area (Å²) in [5, 5.41) is 4.12. The van der Waals surface area contributed by atoms with Crippen LogP contribution in [0, 0.1) is 11.8 Å². The van der Waals surface area contributed by atoms with Crippen LogP contribution in [0.4, 0.5) is 0 Å². The van der Waals surface area contributed by atoms with Gasteiger partial charge in [0.1, 0.15) is 0 Å². The molecule has 5 nitrogen and oxygen atoms in total. The molecule has 2 heterocycles. The van der Waals surface area contributed by atoms with Gasteiger partial charge in [-0.05, 0) is 30.4 Å². The zero-order chi connectivity index (χ0) is 17.8. The number of benzene rings is 1. The average Bonchev–Trinajstić information content (AvgIpc) is 3.03. The summed E-state index contributed by atoms with van der Waals surface area (Å²) >= 11 is 0. The third kappa shape index (κ3) is 4.21. The van der Waals surface area contributed by atoms with E-state index in [-0.39, 0.29) is 17.7 Å². The second-order valence-corrected chi connectivity index (χ2v) is 7.33. The largest absolute Gasteiger partial charge is 0.361 e. The molecule has 0 radical (unpaired) electrons. The molecule has 2 aromatic rings. The molecule has 3 rings (SSSR count). The Balaban J connectivity index is 1.52. The van der Waals surface area contributed by atoms with E-state index in [1.54, 1.807) is 0 Å². The van der Waals surface area contributed by atoms with E-state index < -0.39 is 0 Å². The second kappa shape index (κ2) is 7.72. The Kier molecular flexibility index (Phi) is 5.41. The van der Waals surface area contributed by atoms with E-state index in [0.717, 1.165) is 35.9 Å². The van der Waals surface area contributed by atoms with Gasteiger partial charge in [-0.3, -0.25) is 9.59 Å². The first-order valence-corrected chi connectivity index (χ1v) is 9.15. The van der Waals surface area contributed by atoms with Gasteiger partial charge >= 0.3 is 0 Å². The highest BCUT2D eigenvalue weighted by Gasteiger charge is 2.27. The molecule has 1 saturated heterocycles. The molecule has 1 aliphatic rings. The first-order valence-electron chi connectivity index (χ1n) is 9.15. The Hall–Kier alpha value is -2.30. The molecule has 25 heavy (non-hydrogen) atoms. The van der Waals surface area contributed by atoms with Crippen LogP contribution < -0.4 is 5.32 Å². The summed E-state index contributed by atoms with van der Waals surface area (Å²) in [4.78, 5) is 29.9. The van der Waals surface area contributed by atoms with E-state index in [4.69, 9.17) is 0 Å². The van der Waals surface area contributed by atoms with E-state index >= 15 is 0 Å². The fraction of sp³-hybridized carbons (Fsp3) is 0.500. The number of aromatic amines is 1. The number of nitrogens with one attached hydrogen (secondary N) is 2. The van der Waals surface area contributed by atoms with Crippen LogP contribution in [0.5, 0.6) is 0 Å². The maximum absolute atomic E-state index is 12.6. The van der Waals surface area contributed by atoms with Crippen molar-refractivity contribution in [3.8, 4) is 0 Å². The number of rotatable bonds is 5. The lowest BCUT2D eigenvalue weighted by molar-refractivity contribution is -0.135. The van der Waals surface area contributed by atoms with Crippen molar-refractivity contribution in [2.24, 2.45) is 11.8 Å². The Morgan fingerprint density at radius 1 is 1.24 bits per heavy atom. The molecule has 5 heteroatoms. The Labute approximate surface area is 148 Å². The van der Waals surface area contributed by atoms with Crippen molar-refractivity contribution in [1.82, 2.24) is 15.2 Å². The lowest BCUT2D eigenvalue weighted by atomic mass is 9.95. The lowest BCUT2D eigenvalue weighted by Crippen LogP contribution is -2.44. The molecule has 1 aromatic heterocycles. The number of hydrogen-bond acceptors (Lipinski definition) is 2. The van der Waals surface area contributed by atoms with Crippen molar-refractivity contribution < 1.29 is 9.59 Å². The van der Waals surface area contributed by atoms with Crippen LogP contribution in [-0.2, 0) is 16.0 Å². The molecule has 0 bridgehead atoms. The molecule has 0 saturated carbocycles. The Bertz CT molecular complexity index is 742. The van der Waals surface area contributed by atoms with Crippen molar-refractivity contribution in [2.45, 2.75) is 33.1 Å². The number of amides is 2. The molecule has 134 valence electrons. The number of nitrogens with zero attached hydrogens (tertiary/aromatic N) is 1. The fourth-order valence-electron chi connectivity index (χ4n) is 3.39. The van der Waals surface area contributed by atoms with Gasteiger partial charge in [0.25, 0.3) is 0 Å². The van der Waals surface area contributed by atoms with Crippen molar-refractivity contribution in [1.29, 1.82) is 0 Å². The predicted octanol–water partition coefficient (Wildman–Crippen LogP) is 2.72. The van der Waals surface area contributed by atoms with Crippen LogP contribution in [0.2, 0.25) is 0 Å². The molecule has 2 N–H and O–H groups in total. The summed E-state index contributed by atoms with van der Waals surface area (Å²) in [6.45, 7) is 6.24. The lowest BCUT2D eigenvalue weighted by Gasteiger charge is -2.31. The molecule has 0 unspecified atom stereocenters. The van der Waals surface area contributed by atoms with E-state index in [0.29, 0.717) is 25.4 Å². The molecule has 0 spiro atoms. The molecular formula is C20H27N3O2. The third-order valence-electron chi connectivity index (χ3n) is 4.92. The highest BCUT2D eigenvalue weighted by molar-refractivity contribution is 5.89. The minimum Gasteiger partial charge on any atom is -0.361 e. The summed E-state index contributed by atoms with van der Waals surface area (Å²) in [6.07, 6.45) is 3.84. The van der Waals surface area contributed by atoms with E-state index in [1.165, 1.54) is 0 Å². The zero-order valence-corrected chi connectivity index (χ0v) is 15.0. The smallest absolute Gasteiger partial charge is 0.227 e. The van der Waals surface area contributed by atoms with Gasteiger partial charge in [0.15, 0.2) is 0 Å². The standard InChI is InChI=1S/C20H27N3O2/c1-14(2)12-22-20(25)15-7-9-23(10-8-15)19(24)11-16-13-21-18-6-4-3-5-17(16)18/h3-6,13-15,21H,7-12H2,1-2H3,(H,22,25). The summed E-state index contributed by atoms with van der Waals surface area (Å²) in [5.74, 6) is 0.779. The van der Waals surface area contributed by atoms with Gasteiger partial charge in [-0.25, -0.2) is 0 Å². The number of aromatic nitrogens is 1. The predicted molar refractivity (Wildman–Crippen MR) is 99.2 cm³/mol. The average molecular weight is 341 g/mol. The molecule has 2 amide bonds. The Morgan fingerprint density at radius 3 is 2.68 bits per heavy atom. The maximum Gasteiger partial charge on any atom is 0.227 e. The van der Waals surface area contributed by atoms with E-state index in [1.807, 2.05) is 35.4 Å². The number of carbonyl (C=O) groups excluding carboxylic acids is 2. The number of para-hydroxylation sites is 1. The van der Waals surface area contributed by atoms with Gasteiger partial charge in [-0.15, -0.1) is 0 Å². The van der Waals surface area contributed by atoms with Crippen LogP contribution in [0.25, 0.3) is 10.9 Å². The number of likely N-dealkylation sites (tertiary alicyclic amines) is 1. The van der Waals surface area contributed by atoms with Gasteiger partial charge in [0.05, 0.1) is 6.42 Å². The molecule has 0 atom stereocenters. The zero-order valence-electron chi connectivity index (χ0n) is 15.0. The van der Waals surface area contributed by atoms with Crippen LogP contribution >= 0.6 is 0 Å². The van der Waals surface area contributed by atoms with Crippen LogP contribution in [0.15, 0.2) is 30.5 Å². The monoisotopic (exact) mass is 341 g/mol. The first-order chi connectivity index (χ1) is 12.0. The number of carbonyl (C=O) groups is 2. The maximum atomic E-state index is 12.6. The summed E-state index contributed by atoms with van der Waals surface area (Å²) in [6, 6.07) is 8.04. The fourth-order valence-corrected chi connectivity index (χ4v) is 3.39. The van der Waals surface area contributed by atoms with Crippen LogP contribution in [0.3, 0.4) is 0 Å². The summed E-state index contributed by atoms with van der Waals surface area (Å²) in [7, 11) is 0. The molecule has 1 aromatic carbocycles. The molecule has 0 aliphatic carbocycles. The van der Waals surface area contributed by atoms with Crippen molar-refractivity contribution in [2.75, 3.05) is 19.6 Å². The molecule has 1 aliphatic heterocycles. The number of fused-ring (bicyclic) bond motifs is 1. The Morgan fingerprint density at radius 2 is 1.96 bits per heavy atom. The van der Waals surface area contributed by atoms with Crippen LogP contribution in [-0.4, -0.2) is 41.3 Å². The van der Waals surface area contributed by atoms with Crippen molar-refractivity contribution in [3.63, 3.8) is 0 Å². The van der Waals surface area contributed by atoms with Gasteiger partial charge in [-0.2, -0.15) is 0 Å². The highest BCUT2D eigenvalue weighted by atomic mass is 16.2. The van der Waals surface area contributed by atoms with Crippen LogP contribution in [0.1, 0.15) is 32.3 Å². The summed E-state index contributed by atoms with van der Waals surface area (Å²) < 4.78 is 0. The highest BCUT2D eigenvalue weighted by Crippen LogP contribution is 2.21. The normalized spacial score (nSPS) is 15.7. The third-order valence-corrected chi connectivity index (χ3v) is 4.92. The quantitative estimate of drug-likeness (QED) is 0.878. The SMILES string of the molecule is CC(C)CNC(=O)C1CCN(C(=O)Cc2c[nH]c3ccccc23)CC1. The number of H-pyrrole nitrogens is 1. The minimum atomic E-state index is 0.0379. The van der Waals surface area contributed by atoms with Gasteiger partial charge in [0, 0.05) is 42.7 Å². The molecular weight excluding hydrogens is 314 g/mol. The minimum absolute atomic E-state index is 0.0379. The first kappa shape index (κ1) is 17.5. The number of piperidine rings is 1. The summed E-state index contributed by atoms with van der Waals surface area (Å²) in [5.41, 5.74) is 2.10. The van der Waals surface area contributed by atoms with Crippen molar-refractivity contribution >= 4 is 22.7 Å². The number of hydrogen-bond donors (Lipinski definition) is 2. The topological polar surface area (TPSA) is 65.2 Å². The second-order valence-electron chi connectivity index (χ2n) is 7.33. The van der Waals surface area contributed by atoms with Gasteiger partial charge in [0.2, 0.25) is 11.8 Å².